The lowest BCUT2D eigenvalue weighted by Crippen LogP contribution is -2.06. The van der Waals surface area contributed by atoms with Crippen molar-refractivity contribution in [1.29, 1.82) is 0 Å². The first kappa shape index (κ1) is 11.4. The van der Waals surface area contributed by atoms with E-state index in [2.05, 4.69) is 22.7 Å². The molecular weight excluding hydrogens is 214 g/mol. The number of nitrogens with zero attached hydrogens (tertiary/aromatic N) is 3. The third-order valence-corrected chi connectivity index (χ3v) is 1.77. The predicted octanol–water partition coefficient (Wildman–Crippen LogP) is 2.72. The van der Waals surface area contributed by atoms with Gasteiger partial charge in [-0.1, -0.05) is 17.2 Å². The summed E-state index contributed by atoms with van der Waals surface area (Å²) < 4.78 is 4.86. The van der Waals surface area contributed by atoms with Crippen molar-refractivity contribution in [1.82, 2.24) is 0 Å². The molecule has 0 amide bonds. The maximum Gasteiger partial charge on any atom is 0.338 e. The second kappa shape index (κ2) is 5.95. The molecule has 0 heterocycles. The van der Waals surface area contributed by atoms with Gasteiger partial charge in [0.2, 0.25) is 0 Å². The van der Waals surface area contributed by atoms with Crippen molar-refractivity contribution >= 4 is 24.3 Å². The zero-order valence-electron chi connectivity index (χ0n) is 7.83. The van der Waals surface area contributed by atoms with Crippen LogP contribution in [0.2, 0.25) is 0 Å². The van der Waals surface area contributed by atoms with Crippen LogP contribution >= 0.6 is 12.6 Å². The van der Waals surface area contributed by atoms with Gasteiger partial charge >= 0.3 is 5.97 Å². The molecule has 0 aliphatic heterocycles. The van der Waals surface area contributed by atoms with E-state index >= 15 is 0 Å². The normalized spacial score (nSPS) is 9.13. The number of thiol groups is 1. The highest BCUT2D eigenvalue weighted by Gasteiger charge is 2.05. The minimum Gasteiger partial charge on any atom is -0.461 e. The summed E-state index contributed by atoms with van der Waals surface area (Å²) in [6.07, 6.45) is 0. The van der Waals surface area contributed by atoms with E-state index in [0.29, 0.717) is 17.0 Å². The number of benzene rings is 1. The monoisotopic (exact) mass is 223 g/mol. The number of hydrogen-bond donors (Lipinski definition) is 1. The van der Waals surface area contributed by atoms with Crippen molar-refractivity contribution < 1.29 is 9.53 Å². The topological polar surface area (TPSA) is 75.1 Å². The molecule has 15 heavy (non-hydrogen) atoms. The van der Waals surface area contributed by atoms with Gasteiger partial charge in [-0.15, -0.1) is 0 Å². The van der Waals surface area contributed by atoms with Gasteiger partial charge in [0.05, 0.1) is 5.56 Å². The smallest absolute Gasteiger partial charge is 0.338 e. The van der Waals surface area contributed by atoms with E-state index in [1.165, 1.54) is 0 Å². The molecule has 0 spiro atoms. The van der Waals surface area contributed by atoms with E-state index in [9.17, 15) is 4.79 Å². The van der Waals surface area contributed by atoms with E-state index in [1.54, 1.807) is 24.3 Å². The van der Waals surface area contributed by atoms with Gasteiger partial charge in [0.15, 0.2) is 0 Å². The minimum atomic E-state index is -0.406. The number of esters is 1. The van der Waals surface area contributed by atoms with Crippen LogP contribution in [0.25, 0.3) is 10.4 Å². The van der Waals surface area contributed by atoms with Crippen molar-refractivity contribution in [2.75, 3.05) is 12.4 Å². The van der Waals surface area contributed by atoms with Gasteiger partial charge in [0.1, 0.15) is 6.61 Å². The Labute approximate surface area is 92.1 Å². The second-order valence-corrected chi connectivity index (χ2v) is 3.04. The Morgan fingerprint density at radius 3 is 2.67 bits per heavy atom. The number of hydrogen-bond acceptors (Lipinski definition) is 4. The summed E-state index contributed by atoms with van der Waals surface area (Å²) in [6, 6.07) is 6.20. The Kier molecular flexibility index (Phi) is 4.53. The molecule has 1 aromatic carbocycles. The summed E-state index contributed by atoms with van der Waals surface area (Å²) in [5.41, 5.74) is 9.06. The first-order valence-electron chi connectivity index (χ1n) is 4.21. The molecule has 0 bridgehead atoms. The molecule has 1 aromatic rings. The van der Waals surface area contributed by atoms with Gasteiger partial charge in [-0.2, -0.15) is 12.6 Å². The Bertz CT molecular complexity index is 385. The Morgan fingerprint density at radius 1 is 1.47 bits per heavy atom. The first-order chi connectivity index (χ1) is 7.27. The van der Waals surface area contributed by atoms with Crippen LogP contribution in [0.15, 0.2) is 29.4 Å². The molecule has 0 aromatic heterocycles. The van der Waals surface area contributed by atoms with Gasteiger partial charge in [-0.05, 0) is 17.7 Å². The fourth-order valence-electron chi connectivity index (χ4n) is 0.937. The summed E-state index contributed by atoms with van der Waals surface area (Å²) >= 11 is 3.92. The quantitative estimate of drug-likeness (QED) is 0.280. The summed E-state index contributed by atoms with van der Waals surface area (Å²) in [5.74, 6) is 0.0827. The van der Waals surface area contributed by atoms with Crippen LogP contribution in [-0.4, -0.2) is 18.3 Å². The van der Waals surface area contributed by atoms with Gasteiger partial charge < -0.3 is 4.74 Å². The largest absolute Gasteiger partial charge is 0.461 e. The standard InChI is InChI=1S/C9H9N3O2S/c10-12-11-8-3-1-7(2-4-8)9(13)14-5-6-15/h1-4,15H,5-6H2. The van der Waals surface area contributed by atoms with Crippen LogP contribution in [0.5, 0.6) is 0 Å². The zero-order valence-corrected chi connectivity index (χ0v) is 8.72. The highest BCUT2D eigenvalue weighted by atomic mass is 32.1. The number of carbonyl (C=O) groups is 1. The van der Waals surface area contributed by atoms with E-state index in [-0.39, 0.29) is 6.61 Å². The van der Waals surface area contributed by atoms with Crippen LogP contribution in [-0.2, 0) is 4.74 Å². The zero-order chi connectivity index (χ0) is 11.1. The molecule has 5 nitrogen and oxygen atoms in total. The third-order valence-electron chi connectivity index (χ3n) is 1.59. The van der Waals surface area contributed by atoms with Crippen LogP contribution in [0.3, 0.4) is 0 Å². The maximum absolute atomic E-state index is 11.3. The van der Waals surface area contributed by atoms with E-state index in [4.69, 9.17) is 10.3 Å². The number of azide groups is 1. The van der Waals surface area contributed by atoms with Crippen LogP contribution < -0.4 is 0 Å². The molecule has 6 heteroatoms. The van der Waals surface area contributed by atoms with Crippen LogP contribution in [0, 0.1) is 0 Å². The second-order valence-electron chi connectivity index (χ2n) is 2.60. The lowest BCUT2D eigenvalue weighted by Gasteiger charge is -2.02. The molecule has 0 saturated heterocycles. The fraction of sp³-hybridized carbons (Fsp3) is 0.222. The van der Waals surface area contributed by atoms with E-state index in [1.807, 2.05) is 0 Å². The Balaban J connectivity index is 2.70. The minimum absolute atomic E-state index is 0.278. The Hall–Kier alpha value is -1.65. The molecule has 78 valence electrons. The maximum atomic E-state index is 11.3. The van der Waals surface area contributed by atoms with Crippen molar-refractivity contribution in [2.24, 2.45) is 5.11 Å². The van der Waals surface area contributed by atoms with Gasteiger partial charge in [-0.3, -0.25) is 0 Å². The molecule has 0 radical (unpaired) electrons. The van der Waals surface area contributed by atoms with Gasteiger partial charge in [0.25, 0.3) is 0 Å². The number of carbonyl (C=O) groups excluding carboxylic acids is 1. The third kappa shape index (κ3) is 3.53. The molecule has 0 unspecified atom stereocenters. The molecule has 0 aliphatic rings. The highest BCUT2D eigenvalue weighted by Crippen LogP contribution is 2.13. The average molecular weight is 223 g/mol. The average Bonchev–Trinajstić information content (AvgIpc) is 2.27. The van der Waals surface area contributed by atoms with Gasteiger partial charge in [0, 0.05) is 16.4 Å². The first-order valence-corrected chi connectivity index (χ1v) is 4.84. The van der Waals surface area contributed by atoms with Crippen molar-refractivity contribution in [3.05, 3.63) is 40.3 Å². The SMILES string of the molecule is [N-]=[N+]=Nc1ccc(C(=O)OCCS)cc1. The predicted molar refractivity (Wildman–Crippen MR) is 59.4 cm³/mol. The molecule has 1 rings (SSSR count). The summed E-state index contributed by atoms with van der Waals surface area (Å²) in [5, 5.41) is 3.39. The van der Waals surface area contributed by atoms with Crippen molar-refractivity contribution in [3.63, 3.8) is 0 Å². The molecular formula is C9H9N3O2S. The highest BCUT2D eigenvalue weighted by molar-refractivity contribution is 7.80. The number of ether oxygens (including phenoxy) is 1. The number of rotatable bonds is 4. The molecule has 0 fully saturated rings. The van der Waals surface area contributed by atoms with Crippen LogP contribution in [0.4, 0.5) is 5.69 Å². The van der Waals surface area contributed by atoms with Crippen molar-refractivity contribution in [2.45, 2.75) is 0 Å². The molecule has 0 aliphatic carbocycles. The molecule has 0 saturated carbocycles. The summed E-state index contributed by atoms with van der Waals surface area (Å²) in [6.45, 7) is 0.278. The van der Waals surface area contributed by atoms with E-state index in [0.717, 1.165) is 0 Å². The van der Waals surface area contributed by atoms with E-state index < -0.39 is 5.97 Å². The van der Waals surface area contributed by atoms with Crippen LogP contribution in [0.1, 0.15) is 10.4 Å². The summed E-state index contributed by atoms with van der Waals surface area (Å²) in [7, 11) is 0. The Morgan fingerprint density at radius 2 is 2.13 bits per heavy atom. The fourth-order valence-corrected chi connectivity index (χ4v) is 1.03. The lowest BCUT2D eigenvalue weighted by atomic mass is 10.2. The van der Waals surface area contributed by atoms with Crippen molar-refractivity contribution in [3.8, 4) is 0 Å². The van der Waals surface area contributed by atoms with Gasteiger partial charge in [-0.25, -0.2) is 4.79 Å². The molecule has 0 N–H and O–H groups in total. The summed E-state index contributed by atoms with van der Waals surface area (Å²) in [4.78, 5) is 13.9. The molecule has 0 atom stereocenters. The lowest BCUT2D eigenvalue weighted by molar-refractivity contribution is 0.0530.